The van der Waals surface area contributed by atoms with Crippen molar-refractivity contribution >= 4 is 34.6 Å². The minimum atomic E-state index is -0.571. The normalized spacial score (nSPS) is 18.2. The number of nitrogens with zero attached hydrogens (tertiary/aromatic N) is 1. The number of carbonyl (C=O) groups excluding carboxylic acids is 2. The number of ether oxygens (including phenoxy) is 1. The van der Waals surface area contributed by atoms with E-state index >= 15 is 0 Å². The number of alkyl carbamates (subject to hydrolysis) is 1. The predicted octanol–water partition coefficient (Wildman–Crippen LogP) is 3.56. The lowest BCUT2D eigenvalue weighted by Crippen LogP contribution is -2.50. The SMILES string of the molecule is CC(C)(C)OC(=O)N[C@@H]1CCCN(C(=O)c2cc(I)ccc2F)C1. The van der Waals surface area contributed by atoms with E-state index in [0.717, 1.165) is 16.4 Å². The summed E-state index contributed by atoms with van der Waals surface area (Å²) in [4.78, 5) is 26.0. The highest BCUT2D eigenvalue weighted by molar-refractivity contribution is 14.1. The number of piperidine rings is 1. The van der Waals surface area contributed by atoms with Crippen LogP contribution >= 0.6 is 22.6 Å². The molecule has 0 saturated carbocycles. The van der Waals surface area contributed by atoms with Gasteiger partial charge in [0.15, 0.2) is 0 Å². The molecule has 132 valence electrons. The number of carbonyl (C=O) groups is 2. The molecule has 1 aliphatic rings. The lowest BCUT2D eigenvalue weighted by Gasteiger charge is -2.33. The van der Waals surface area contributed by atoms with Gasteiger partial charge in [0, 0.05) is 22.7 Å². The fourth-order valence-electron chi connectivity index (χ4n) is 2.59. The highest BCUT2D eigenvalue weighted by atomic mass is 127. The molecule has 0 aromatic heterocycles. The Hall–Kier alpha value is -1.38. The Kier molecular flexibility index (Phi) is 6.06. The topological polar surface area (TPSA) is 58.6 Å². The molecule has 0 bridgehead atoms. The zero-order valence-corrected chi connectivity index (χ0v) is 16.2. The minimum Gasteiger partial charge on any atom is -0.444 e. The van der Waals surface area contributed by atoms with Crippen LogP contribution in [0.2, 0.25) is 0 Å². The molecule has 1 heterocycles. The van der Waals surface area contributed by atoms with Crippen molar-refractivity contribution in [1.29, 1.82) is 0 Å². The fraction of sp³-hybridized carbons (Fsp3) is 0.529. The van der Waals surface area contributed by atoms with Crippen LogP contribution in [-0.4, -0.2) is 41.6 Å². The van der Waals surface area contributed by atoms with E-state index in [2.05, 4.69) is 5.32 Å². The summed E-state index contributed by atoms with van der Waals surface area (Å²) in [6, 6.07) is 4.28. The van der Waals surface area contributed by atoms with Crippen LogP contribution in [0, 0.1) is 9.39 Å². The smallest absolute Gasteiger partial charge is 0.407 e. The first-order valence-corrected chi connectivity index (χ1v) is 8.97. The summed E-state index contributed by atoms with van der Waals surface area (Å²) >= 11 is 2.05. The largest absolute Gasteiger partial charge is 0.444 e. The second-order valence-corrected chi connectivity index (χ2v) is 8.11. The molecule has 7 heteroatoms. The summed E-state index contributed by atoms with van der Waals surface area (Å²) in [6.45, 7) is 6.29. The zero-order valence-electron chi connectivity index (χ0n) is 14.1. The van der Waals surface area contributed by atoms with Crippen molar-refractivity contribution in [3.8, 4) is 0 Å². The van der Waals surface area contributed by atoms with Gasteiger partial charge in [-0.15, -0.1) is 0 Å². The summed E-state index contributed by atoms with van der Waals surface area (Å²) in [7, 11) is 0. The van der Waals surface area contributed by atoms with Crippen LogP contribution in [-0.2, 0) is 4.74 Å². The number of benzene rings is 1. The standard InChI is InChI=1S/C17H22FIN2O3/c1-17(2,3)24-16(23)20-12-5-4-8-21(10-12)15(22)13-9-11(19)6-7-14(13)18/h6-7,9,12H,4-5,8,10H2,1-3H3,(H,20,23)/t12-/m1/s1. The Balaban J connectivity index is 2.01. The van der Waals surface area contributed by atoms with Crippen LogP contribution in [0.5, 0.6) is 0 Å². The maximum absolute atomic E-state index is 13.9. The van der Waals surface area contributed by atoms with Crippen molar-refractivity contribution in [3.05, 3.63) is 33.1 Å². The third-order valence-corrected chi connectivity index (χ3v) is 4.26. The summed E-state index contributed by atoms with van der Waals surface area (Å²) < 4.78 is 20.0. The Morgan fingerprint density at radius 2 is 2.08 bits per heavy atom. The van der Waals surface area contributed by atoms with E-state index in [1.54, 1.807) is 37.8 Å². The fourth-order valence-corrected chi connectivity index (χ4v) is 3.08. The average molecular weight is 448 g/mol. The Morgan fingerprint density at radius 3 is 2.75 bits per heavy atom. The van der Waals surface area contributed by atoms with Gasteiger partial charge in [0.25, 0.3) is 5.91 Å². The number of halogens is 2. The van der Waals surface area contributed by atoms with Crippen LogP contribution in [0.1, 0.15) is 44.0 Å². The van der Waals surface area contributed by atoms with Gasteiger partial charge in [-0.25, -0.2) is 9.18 Å². The molecule has 1 N–H and O–H groups in total. The molecular formula is C17H22FIN2O3. The monoisotopic (exact) mass is 448 g/mol. The van der Waals surface area contributed by atoms with Gasteiger partial charge in [0.2, 0.25) is 0 Å². The van der Waals surface area contributed by atoms with Crippen molar-refractivity contribution in [3.63, 3.8) is 0 Å². The van der Waals surface area contributed by atoms with Gasteiger partial charge >= 0.3 is 6.09 Å². The van der Waals surface area contributed by atoms with Gasteiger partial charge < -0.3 is 15.0 Å². The lowest BCUT2D eigenvalue weighted by atomic mass is 10.0. The number of amides is 2. The van der Waals surface area contributed by atoms with E-state index in [4.69, 9.17) is 4.74 Å². The van der Waals surface area contributed by atoms with Crippen LogP contribution in [0.25, 0.3) is 0 Å². The van der Waals surface area contributed by atoms with Crippen molar-refractivity contribution in [1.82, 2.24) is 10.2 Å². The van der Waals surface area contributed by atoms with Crippen molar-refractivity contribution in [2.24, 2.45) is 0 Å². The van der Waals surface area contributed by atoms with Gasteiger partial charge in [-0.05, 0) is 74.4 Å². The molecule has 0 radical (unpaired) electrons. The number of likely N-dealkylation sites (tertiary alicyclic amines) is 1. The molecule has 1 aromatic carbocycles. The lowest BCUT2D eigenvalue weighted by molar-refractivity contribution is 0.0451. The van der Waals surface area contributed by atoms with Crippen molar-refractivity contribution < 1.29 is 18.7 Å². The first-order chi connectivity index (χ1) is 11.2. The first kappa shape index (κ1) is 19.0. The Labute approximate surface area is 155 Å². The van der Waals surface area contributed by atoms with Gasteiger partial charge in [0.1, 0.15) is 11.4 Å². The second kappa shape index (κ2) is 7.67. The van der Waals surface area contributed by atoms with Gasteiger partial charge in [-0.2, -0.15) is 0 Å². The van der Waals surface area contributed by atoms with Crippen molar-refractivity contribution in [2.75, 3.05) is 13.1 Å². The third kappa shape index (κ3) is 5.32. The molecule has 1 saturated heterocycles. The Morgan fingerprint density at radius 1 is 1.38 bits per heavy atom. The summed E-state index contributed by atoms with van der Waals surface area (Å²) in [5.41, 5.74) is -0.502. The van der Waals surface area contributed by atoms with E-state index in [9.17, 15) is 14.0 Å². The maximum atomic E-state index is 13.9. The van der Waals surface area contributed by atoms with E-state index in [1.165, 1.54) is 6.07 Å². The second-order valence-electron chi connectivity index (χ2n) is 6.86. The highest BCUT2D eigenvalue weighted by Crippen LogP contribution is 2.18. The molecule has 1 fully saturated rings. The van der Waals surface area contributed by atoms with Crippen LogP contribution < -0.4 is 5.32 Å². The zero-order chi connectivity index (χ0) is 17.9. The maximum Gasteiger partial charge on any atom is 0.407 e. The summed E-state index contributed by atoms with van der Waals surface area (Å²) in [5, 5.41) is 2.79. The van der Waals surface area contributed by atoms with Crippen molar-refractivity contribution in [2.45, 2.75) is 45.3 Å². The molecule has 0 unspecified atom stereocenters. The minimum absolute atomic E-state index is 0.0693. The Bertz CT molecular complexity index is 631. The number of rotatable bonds is 2. The van der Waals surface area contributed by atoms with Crippen LogP contribution in [0.15, 0.2) is 18.2 Å². The molecule has 0 aliphatic carbocycles. The summed E-state index contributed by atoms with van der Waals surface area (Å²) in [5.74, 6) is -0.871. The molecule has 24 heavy (non-hydrogen) atoms. The predicted molar refractivity (Wildman–Crippen MR) is 97.4 cm³/mol. The van der Waals surface area contributed by atoms with Gasteiger partial charge in [-0.3, -0.25) is 4.79 Å². The average Bonchev–Trinajstić information content (AvgIpc) is 2.47. The number of hydrogen-bond acceptors (Lipinski definition) is 3. The quantitative estimate of drug-likeness (QED) is 0.705. The first-order valence-electron chi connectivity index (χ1n) is 7.89. The van der Waals surface area contributed by atoms with Gasteiger partial charge in [-0.1, -0.05) is 0 Å². The van der Waals surface area contributed by atoms with Gasteiger partial charge in [0.05, 0.1) is 5.56 Å². The third-order valence-electron chi connectivity index (χ3n) is 3.59. The highest BCUT2D eigenvalue weighted by Gasteiger charge is 2.28. The molecular weight excluding hydrogens is 426 g/mol. The molecule has 0 spiro atoms. The van der Waals surface area contributed by atoms with E-state index in [1.807, 2.05) is 22.6 Å². The molecule has 5 nitrogen and oxygen atoms in total. The number of nitrogens with one attached hydrogen (secondary N) is 1. The van der Waals surface area contributed by atoms with Crippen LogP contribution in [0.3, 0.4) is 0 Å². The molecule has 1 aromatic rings. The molecule has 2 rings (SSSR count). The summed E-state index contributed by atoms with van der Waals surface area (Å²) in [6.07, 6.45) is 1.01. The van der Waals surface area contributed by atoms with E-state index < -0.39 is 17.5 Å². The number of hydrogen-bond donors (Lipinski definition) is 1. The molecule has 2 amide bonds. The molecule has 1 aliphatic heterocycles. The van der Waals surface area contributed by atoms with E-state index in [0.29, 0.717) is 13.1 Å². The molecule has 1 atom stereocenters. The van der Waals surface area contributed by atoms with Crippen LogP contribution in [0.4, 0.5) is 9.18 Å². The van der Waals surface area contributed by atoms with E-state index in [-0.39, 0.29) is 17.5 Å².